The van der Waals surface area contributed by atoms with Crippen molar-refractivity contribution < 1.29 is 4.79 Å². The summed E-state index contributed by atoms with van der Waals surface area (Å²) in [7, 11) is 1.89. The van der Waals surface area contributed by atoms with Crippen LogP contribution in [-0.2, 0) is 4.79 Å². The highest BCUT2D eigenvalue weighted by Gasteiger charge is 2.21. The van der Waals surface area contributed by atoms with Gasteiger partial charge >= 0.3 is 0 Å². The fourth-order valence-electron chi connectivity index (χ4n) is 1.42. The summed E-state index contributed by atoms with van der Waals surface area (Å²) in [6, 6.07) is 0.433. The minimum absolute atomic E-state index is 0.249. The van der Waals surface area contributed by atoms with Gasteiger partial charge in [-0.2, -0.15) is 0 Å². The van der Waals surface area contributed by atoms with E-state index < -0.39 is 0 Å². The van der Waals surface area contributed by atoms with Crippen molar-refractivity contribution >= 4 is 5.91 Å². The molecule has 1 rings (SSSR count). The van der Waals surface area contributed by atoms with E-state index in [9.17, 15) is 4.79 Å². The Labute approximate surface area is 67.8 Å². The molecular formula is C8H16N2O. The number of nitrogens with zero attached hydrogens (tertiary/aromatic N) is 1. The molecule has 1 aliphatic heterocycles. The topological polar surface area (TPSA) is 32.3 Å². The molecule has 0 unspecified atom stereocenters. The first-order chi connectivity index (χ1) is 5.25. The molecule has 0 bridgehead atoms. The molecule has 0 aromatic carbocycles. The zero-order chi connectivity index (χ0) is 8.27. The van der Waals surface area contributed by atoms with Gasteiger partial charge in [-0.3, -0.25) is 4.79 Å². The van der Waals surface area contributed by atoms with Gasteiger partial charge in [-0.1, -0.05) is 6.92 Å². The average Bonchev–Trinajstić information content (AvgIpc) is 2.53. The summed E-state index contributed by atoms with van der Waals surface area (Å²) < 4.78 is 0. The fraction of sp³-hybridized carbons (Fsp3) is 0.875. The van der Waals surface area contributed by atoms with Gasteiger partial charge in [0.2, 0.25) is 5.91 Å². The first kappa shape index (κ1) is 8.53. The Kier molecular flexibility index (Phi) is 2.88. The van der Waals surface area contributed by atoms with E-state index >= 15 is 0 Å². The molecule has 0 aliphatic carbocycles. The third-order valence-electron chi connectivity index (χ3n) is 2.28. The van der Waals surface area contributed by atoms with Crippen LogP contribution >= 0.6 is 0 Å². The summed E-state index contributed by atoms with van der Waals surface area (Å²) in [6.45, 7) is 3.91. The van der Waals surface area contributed by atoms with Gasteiger partial charge in [0, 0.05) is 26.1 Å². The number of carbonyl (C=O) groups excluding carboxylic acids is 1. The van der Waals surface area contributed by atoms with Gasteiger partial charge < -0.3 is 10.2 Å². The molecule has 3 nitrogen and oxygen atoms in total. The van der Waals surface area contributed by atoms with E-state index in [4.69, 9.17) is 0 Å². The van der Waals surface area contributed by atoms with E-state index in [2.05, 4.69) is 5.32 Å². The SMILES string of the molecule is CCC(=O)N(C)[C@H]1CCNC1. The van der Waals surface area contributed by atoms with Crippen molar-refractivity contribution in [1.29, 1.82) is 0 Å². The molecule has 0 radical (unpaired) electrons. The van der Waals surface area contributed by atoms with Gasteiger partial charge in [-0.15, -0.1) is 0 Å². The van der Waals surface area contributed by atoms with Crippen molar-refractivity contribution in [2.75, 3.05) is 20.1 Å². The zero-order valence-electron chi connectivity index (χ0n) is 7.26. The number of likely N-dealkylation sites (N-methyl/N-ethyl adjacent to an activating group) is 1. The van der Waals surface area contributed by atoms with E-state index in [1.54, 1.807) is 0 Å². The lowest BCUT2D eigenvalue weighted by Crippen LogP contribution is -2.37. The van der Waals surface area contributed by atoms with Crippen molar-refractivity contribution in [2.45, 2.75) is 25.8 Å². The van der Waals surface area contributed by atoms with E-state index in [-0.39, 0.29) is 5.91 Å². The summed E-state index contributed by atoms with van der Waals surface area (Å²) in [4.78, 5) is 13.1. The fourth-order valence-corrected chi connectivity index (χ4v) is 1.42. The molecule has 1 saturated heterocycles. The maximum Gasteiger partial charge on any atom is 0.222 e. The summed E-state index contributed by atoms with van der Waals surface area (Å²) in [6.07, 6.45) is 1.72. The number of hydrogen-bond acceptors (Lipinski definition) is 2. The third kappa shape index (κ3) is 1.93. The van der Waals surface area contributed by atoms with Crippen molar-refractivity contribution in [3.05, 3.63) is 0 Å². The molecule has 0 aromatic heterocycles. The number of carbonyl (C=O) groups is 1. The Morgan fingerprint density at radius 1 is 1.73 bits per heavy atom. The van der Waals surface area contributed by atoms with E-state index in [1.165, 1.54) is 0 Å². The molecular weight excluding hydrogens is 140 g/mol. The highest BCUT2D eigenvalue weighted by Crippen LogP contribution is 2.06. The second kappa shape index (κ2) is 3.72. The molecule has 1 amide bonds. The third-order valence-corrected chi connectivity index (χ3v) is 2.28. The Hall–Kier alpha value is -0.570. The van der Waals surface area contributed by atoms with Crippen LogP contribution in [0.2, 0.25) is 0 Å². The number of nitrogens with one attached hydrogen (secondary N) is 1. The number of amides is 1. The van der Waals surface area contributed by atoms with Gasteiger partial charge in [0.25, 0.3) is 0 Å². The predicted octanol–water partition coefficient (Wildman–Crippen LogP) is 0.217. The Bertz CT molecular complexity index is 141. The van der Waals surface area contributed by atoms with Crippen molar-refractivity contribution in [3.63, 3.8) is 0 Å². The van der Waals surface area contributed by atoms with Crippen LogP contribution in [0.5, 0.6) is 0 Å². The van der Waals surface area contributed by atoms with Gasteiger partial charge in [-0.05, 0) is 13.0 Å². The molecule has 1 heterocycles. The number of hydrogen-bond donors (Lipinski definition) is 1. The van der Waals surface area contributed by atoms with E-state index in [1.807, 2.05) is 18.9 Å². The Balaban J connectivity index is 2.39. The van der Waals surface area contributed by atoms with Crippen LogP contribution in [-0.4, -0.2) is 37.0 Å². The van der Waals surface area contributed by atoms with Crippen LogP contribution in [0.3, 0.4) is 0 Å². The summed E-state index contributed by atoms with van der Waals surface area (Å²) in [5, 5.41) is 3.24. The lowest BCUT2D eigenvalue weighted by Gasteiger charge is -2.22. The molecule has 1 N–H and O–H groups in total. The van der Waals surface area contributed by atoms with Gasteiger partial charge in [0.15, 0.2) is 0 Å². The van der Waals surface area contributed by atoms with Crippen molar-refractivity contribution in [3.8, 4) is 0 Å². The average molecular weight is 156 g/mol. The Morgan fingerprint density at radius 3 is 2.91 bits per heavy atom. The maximum atomic E-state index is 11.2. The maximum absolute atomic E-state index is 11.2. The van der Waals surface area contributed by atoms with Crippen LogP contribution < -0.4 is 5.32 Å². The molecule has 0 aromatic rings. The highest BCUT2D eigenvalue weighted by atomic mass is 16.2. The minimum atomic E-state index is 0.249. The normalized spacial score (nSPS) is 23.6. The quantitative estimate of drug-likeness (QED) is 0.620. The lowest BCUT2D eigenvalue weighted by atomic mass is 10.2. The van der Waals surface area contributed by atoms with Crippen molar-refractivity contribution in [2.24, 2.45) is 0 Å². The summed E-state index contributed by atoms with van der Waals surface area (Å²) in [5.74, 6) is 0.249. The highest BCUT2D eigenvalue weighted by molar-refractivity contribution is 5.75. The van der Waals surface area contributed by atoms with Crippen LogP contribution in [0.4, 0.5) is 0 Å². The Morgan fingerprint density at radius 2 is 2.45 bits per heavy atom. The van der Waals surface area contributed by atoms with E-state index in [0.29, 0.717) is 12.5 Å². The second-order valence-electron chi connectivity index (χ2n) is 3.00. The van der Waals surface area contributed by atoms with Gasteiger partial charge in [0.1, 0.15) is 0 Å². The molecule has 64 valence electrons. The molecule has 0 spiro atoms. The minimum Gasteiger partial charge on any atom is -0.341 e. The van der Waals surface area contributed by atoms with Gasteiger partial charge in [-0.25, -0.2) is 0 Å². The lowest BCUT2D eigenvalue weighted by molar-refractivity contribution is -0.131. The largest absolute Gasteiger partial charge is 0.341 e. The van der Waals surface area contributed by atoms with Crippen LogP contribution in [0, 0.1) is 0 Å². The van der Waals surface area contributed by atoms with Crippen LogP contribution in [0.15, 0.2) is 0 Å². The van der Waals surface area contributed by atoms with Crippen LogP contribution in [0.25, 0.3) is 0 Å². The summed E-state index contributed by atoms with van der Waals surface area (Å²) >= 11 is 0. The first-order valence-corrected chi connectivity index (χ1v) is 4.22. The predicted molar refractivity (Wildman–Crippen MR) is 44.3 cm³/mol. The van der Waals surface area contributed by atoms with Crippen LogP contribution in [0.1, 0.15) is 19.8 Å². The molecule has 1 fully saturated rings. The van der Waals surface area contributed by atoms with Crippen molar-refractivity contribution in [1.82, 2.24) is 10.2 Å². The van der Waals surface area contributed by atoms with Gasteiger partial charge in [0.05, 0.1) is 0 Å². The standard InChI is InChI=1S/C8H16N2O/c1-3-8(11)10(2)7-4-5-9-6-7/h7,9H,3-6H2,1-2H3/t7-/m0/s1. The monoisotopic (exact) mass is 156 g/mol. The molecule has 1 atom stereocenters. The molecule has 0 saturated carbocycles. The molecule has 11 heavy (non-hydrogen) atoms. The van der Waals surface area contributed by atoms with E-state index in [0.717, 1.165) is 19.5 Å². The second-order valence-corrected chi connectivity index (χ2v) is 3.00. The molecule has 1 aliphatic rings. The summed E-state index contributed by atoms with van der Waals surface area (Å²) in [5.41, 5.74) is 0. The molecule has 3 heteroatoms. The number of rotatable bonds is 2. The smallest absolute Gasteiger partial charge is 0.222 e. The first-order valence-electron chi connectivity index (χ1n) is 4.22. The zero-order valence-corrected chi connectivity index (χ0v) is 7.26.